The number of benzene rings is 1. The molecule has 1 aliphatic rings. The quantitative estimate of drug-likeness (QED) is 0.745. The predicted molar refractivity (Wildman–Crippen MR) is 51.6 cm³/mol. The largest absolute Gasteiger partial charge is 0.314 e. The Bertz CT molecular complexity index is 295. The molecule has 0 aliphatic heterocycles. The van der Waals surface area contributed by atoms with E-state index in [1.54, 1.807) is 12.1 Å². The van der Waals surface area contributed by atoms with E-state index in [-0.39, 0.29) is 5.82 Å². The van der Waals surface area contributed by atoms with Crippen LogP contribution in [0.3, 0.4) is 0 Å². The van der Waals surface area contributed by atoms with E-state index >= 15 is 0 Å². The molecular formula is C11H14FNO. The first-order valence-electron chi connectivity index (χ1n) is 4.95. The zero-order valence-corrected chi connectivity index (χ0v) is 7.99. The topological polar surface area (TPSA) is 23.5 Å². The van der Waals surface area contributed by atoms with Crippen LogP contribution in [-0.4, -0.2) is 22.9 Å². The lowest BCUT2D eigenvalue weighted by molar-refractivity contribution is -0.0982. The first-order chi connectivity index (χ1) is 6.75. The maximum Gasteiger partial charge on any atom is 0.123 e. The number of halogens is 1. The second kappa shape index (κ2) is 4.07. The van der Waals surface area contributed by atoms with E-state index in [9.17, 15) is 9.60 Å². The van der Waals surface area contributed by atoms with E-state index in [0.717, 1.165) is 24.8 Å². The molecule has 3 heteroatoms. The van der Waals surface area contributed by atoms with Gasteiger partial charge in [0.25, 0.3) is 0 Å². The van der Waals surface area contributed by atoms with Crippen LogP contribution in [0.1, 0.15) is 18.4 Å². The Labute approximate surface area is 82.9 Å². The van der Waals surface area contributed by atoms with Gasteiger partial charge in [0.1, 0.15) is 5.82 Å². The summed E-state index contributed by atoms with van der Waals surface area (Å²) in [5.41, 5.74) is 1.06. The van der Waals surface area contributed by atoms with E-state index in [1.807, 2.05) is 0 Å². The van der Waals surface area contributed by atoms with Crippen LogP contribution in [0.25, 0.3) is 0 Å². The fourth-order valence-electron chi connectivity index (χ4n) is 1.45. The van der Waals surface area contributed by atoms with E-state index < -0.39 is 0 Å². The zero-order chi connectivity index (χ0) is 9.97. The third-order valence-corrected chi connectivity index (χ3v) is 2.51. The molecule has 0 spiro atoms. The van der Waals surface area contributed by atoms with Crippen LogP contribution in [0.4, 0.5) is 4.39 Å². The summed E-state index contributed by atoms with van der Waals surface area (Å²) in [6, 6.07) is 6.80. The predicted octanol–water partition coefficient (Wildman–Crippen LogP) is 2.22. The molecule has 14 heavy (non-hydrogen) atoms. The SMILES string of the molecule is ON(CCc1ccc(F)cc1)C1CC1. The average molecular weight is 195 g/mol. The fraction of sp³-hybridized carbons (Fsp3) is 0.455. The van der Waals surface area contributed by atoms with Gasteiger partial charge < -0.3 is 5.21 Å². The van der Waals surface area contributed by atoms with Crippen molar-refractivity contribution < 1.29 is 9.60 Å². The van der Waals surface area contributed by atoms with Crippen LogP contribution in [0.15, 0.2) is 24.3 Å². The number of hydroxylamine groups is 2. The Balaban J connectivity index is 1.82. The highest BCUT2D eigenvalue weighted by molar-refractivity contribution is 5.16. The van der Waals surface area contributed by atoms with Gasteiger partial charge in [-0.1, -0.05) is 12.1 Å². The van der Waals surface area contributed by atoms with E-state index in [0.29, 0.717) is 12.6 Å². The van der Waals surface area contributed by atoms with Crippen LogP contribution in [0.5, 0.6) is 0 Å². The Morgan fingerprint density at radius 1 is 1.29 bits per heavy atom. The number of hydrogen-bond donors (Lipinski definition) is 1. The molecule has 0 amide bonds. The lowest BCUT2D eigenvalue weighted by Gasteiger charge is -2.12. The highest BCUT2D eigenvalue weighted by Crippen LogP contribution is 2.25. The summed E-state index contributed by atoms with van der Waals surface area (Å²) < 4.78 is 12.6. The summed E-state index contributed by atoms with van der Waals surface area (Å²) in [5, 5.41) is 10.9. The van der Waals surface area contributed by atoms with Crippen molar-refractivity contribution in [2.45, 2.75) is 25.3 Å². The van der Waals surface area contributed by atoms with E-state index in [1.165, 1.54) is 17.2 Å². The van der Waals surface area contributed by atoms with Gasteiger partial charge in [-0.05, 0) is 37.0 Å². The fourth-order valence-corrected chi connectivity index (χ4v) is 1.45. The monoisotopic (exact) mass is 195 g/mol. The molecule has 1 saturated carbocycles. The summed E-state index contributed by atoms with van der Waals surface area (Å²) in [5.74, 6) is -0.211. The number of hydrogen-bond acceptors (Lipinski definition) is 2. The maximum atomic E-state index is 12.6. The van der Waals surface area contributed by atoms with Gasteiger partial charge >= 0.3 is 0 Å². The summed E-state index contributed by atoms with van der Waals surface area (Å²) in [4.78, 5) is 0. The van der Waals surface area contributed by atoms with Gasteiger partial charge in [-0.3, -0.25) is 0 Å². The van der Waals surface area contributed by atoms with Gasteiger partial charge in [-0.2, -0.15) is 5.06 Å². The summed E-state index contributed by atoms with van der Waals surface area (Å²) >= 11 is 0. The van der Waals surface area contributed by atoms with Crippen molar-refractivity contribution in [3.05, 3.63) is 35.6 Å². The Hall–Kier alpha value is -0.930. The molecule has 0 unspecified atom stereocenters. The molecule has 1 aromatic rings. The summed E-state index contributed by atoms with van der Waals surface area (Å²) in [7, 11) is 0. The Morgan fingerprint density at radius 3 is 2.50 bits per heavy atom. The molecule has 1 aliphatic carbocycles. The second-order valence-electron chi connectivity index (χ2n) is 3.77. The number of rotatable bonds is 4. The molecule has 1 aromatic carbocycles. The van der Waals surface area contributed by atoms with Crippen LogP contribution < -0.4 is 0 Å². The highest BCUT2D eigenvalue weighted by atomic mass is 19.1. The van der Waals surface area contributed by atoms with E-state index in [4.69, 9.17) is 0 Å². The van der Waals surface area contributed by atoms with E-state index in [2.05, 4.69) is 0 Å². The van der Waals surface area contributed by atoms with Crippen LogP contribution >= 0.6 is 0 Å². The molecule has 0 radical (unpaired) electrons. The lowest BCUT2D eigenvalue weighted by atomic mass is 10.1. The standard InChI is InChI=1S/C11H14FNO/c12-10-3-1-9(2-4-10)7-8-13(14)11-5-6-11/h1-4,11,14H,5-8H2. The zero-order valence-electron chi connectivity index (χ0n) is 7.99. The highest BCUT2D eigenvalue weighted by Gasteiger charge is 2.27. The molecule has 1 fully saturated rings. The van der Waals surface area contributed by atoms with Gasteiger partial charge in [0.2, 0.25) is 0 Å². The summed E-state index contributed by atoms with van der Waals surface area (Å²) in [6.45, 7) is 0.635. The maximum absolute atomic E-state index is 12.6. The van der Waals surface area contributed by atoms with Crippen molar-refractivity contribution in [2.75, 3.05) is 6.54 Å². The van der Waals surface area contributed by atoms with Gasteiger partial charge in [-0.25, -0.2) is 4.39 Å². The van der Waals surface area contributed by atoms with Crippen LogP contribution in [0, 0.1) is 5.82 Å². The minimum absolute atomic E-state index is 0.211. The first kappa shape index (κ1) is 9.62. The normalized spacial score (nSPS) is 16.2. The molecule has 2 rings (SSSR count). The first-order valence-corrected chi connectivity index (χ1v) is 4.95. The minimum Gasteiger partial charge on any atom is -0.314 e. The molecule has 2 nitrogen and oxygen atoms in total. The molecular weight excluding hydrogens is 181 g/mol. The van der Waals surface area contributed by atoms with Crippen molar-refractivity contribution in [2.24, 2.45) is 0 Å². The number of nitrogens with zero attached hydrogens (tertiary/aromatic N) is 1. The smallest absolute Gasteiger partial charge is 0.123 e. The van der Waals surface area contributed by atoms with Gasteiger partial charge in [0.15, 0.2) is 0 Å². The lowest BCUT2D eigenvalue weighted by Crippen LogP contribution is -2.24. The molecule has 0 atom stereocenters. The summed E-state index contributed by atoms with van der Waals surface area (Å²) in [6.07, 6.45) is 2.97. The minimum atomic E-state index is -0.211. The third kappa shape index (κ3) is 2.53. The molecule has 0 bridgehead atoms. The molecule has 0 saturated heterocycles. The van der Waals surface area contributed by atoms with Gasteiger partial charge in [-0.15, -0.1) is 0 Å². The van der Waals surface area contributed by atoms with Crippen molar-refractivity contribution in [1.29, 1.82) is 0 Å². The molecule has 0 aromatic heterocycles. The van der Waals surface area contributed by atoms with Crippen molar-refractivity contribution in [3.8, 4) is 0 Å². The Morgan fingerprint density at radius 2 is 1.93 bits per heavy atom. The Kier molecular flexibility index (Phi) is 2.79. The van der Waals surface area contributed by atoms with Gasteiger partial charge in [0, 0.05) is 12.6 Å². The van der Waals surface area contributed by atoms with Crippen molar-refractivity contribution >= 4 is 0 Å². The van der Waals surface area contributed by atoms with Crippen molar-refractivity contribution in [3.63, 3.8) is 0 Å². The van der Waals surface area contributed by atoms with Gasteiger partial charge in [0.05, 0.1) is 0 Å². The molecule has 1 N–H and O–H groups in total. The van der Waals surface area contributed by atoms with Crippen LogP contribution in [0.2, 0.25) is 0 Å². The second-order valence-corrected chi connectivity index (χ2v) is 3.77. The van der Waals surface area contributed by atoms with Crippen molar-refractivity contribution in [1.82, 2.24) is 5.06 Å². The third-order valence-electron chi connectivity index (χ3n) is 2.51. The molecule has 76 valence electrons. The van der Waals surface area contributed by atoms with Crippen LogP contribution in [-0.2, 0) is 6.42 Å². The average Bonchev–Trinajstić information content (AvgIpc) is 3.00. The molecule has 0 heterocycles.